The van der Waals surface area contributed by atoms with E-state index in [0.29, 0.717) is 17.0 Å². The van der Waals surface area contributed by atoms with Crippen molar-refractivity contribution in [2.45, 2.75) is 39.2 Å². The average Bonchev–Trinajstić information content (AvgIpc) is 2.26. The maximum Gasteiger partial charge on any atom is 0.126 e. The van der Waals surface area contributed by atoms with Gasteiger partial charge in [-0.25, -0.2) is 4.39 Å². The van der Waals surface area contributed by atoms with Gasteiger partial charge in [0.2, 0.25) is 0 Å². The first-order valence-electron chi connectivity index (χ1n) is 6.22. The molecule has 0 fully saturated rings. The lowest BCUT2D eigenvalue weighted by molar-refractivity contribution is 0.431. The molecule has 0 atom stereocenters. The topological polar surface area (TPSA) is 12.0 Å². The van der Waals surface area contributed by atoms with Crippen LogP contribution in [0.1, 0.15) is 32.8 Å². The summed E-state index contributed by atoms with van der Waals surface area (Å²) in [6.07, 6.45) is 5.58. The van der Waals surface area contributed by atoms with Crippen molar-refractivity contribution in [3.8, 4) is 0 Å². The van der Waals surface area contributed by atoms with Crippen molar-refractivity contribution in [3.63, 3.8) is 0 Å². The van der Waals surface area contributed by atoms with Gasteiger partial charge in [-0.15, -0.1) is 0 Å². The molecular formula is C15H21ClFN. The highest BCUT2D eigenvalue weighted by Crippen LogP contribution is 2.15. The van der Waals surface area contributed by atoms with Gasteiger partial charge >= 0.3 is 0 Å². The highest BCUT2D eigenvalue weighted by molar-refractivity contribution is 6.30. The van der Waals surface area contributed by atoms with E-state index in [-0.39, 0.29) is 11.4 Å². The molecule has 0 amide bonds. The van der Waals surface area contributed by atoms with Gasteiger partial charge in [0.25, 0.3) is 0 Å². The van der Waals surface area contributed by atoms with Crippen LogP contribution in [0.4, 0.5) is 4.39 Å². The van der Waals surface area contributed by atoms with Crippen LogP contribution in [-0.2, 0) is 6.42 Å². The second-order valence-corrected chi connectivity index (χ2v) is 5.81. The Morgan fingerprint density at radius 1 is 1.28 bits per heavy atom. The van der Waals surface area contributed by atoms with Gasteiger partial charge in [0.1, 0.15) is 5.82 Å². The second-order valence-electron chi connectivity index (χ2n) is 5.38. The van der Waals surface area contributed by atoms with Crippen molar-refractivity contribution in [2.24, 2.45) is 0 Å². The van der Waals surface area contributed by atoms with Gasteiger partial charge in [-0.05, 0) is 63.9 Å². The number of hydrogen-bond acceptors (Lipinski definition) is 1. The Morgan fingerprint density at radius 3 is 2.67 bits per heavy atom. The van der Waals surface area contributed by atoms with E-state index in [9.17, 15) is 4.39 Å². The Morgan fingerprint density at radius 2 is 2.00 bits per heavy atom. The Kier molecular flexibility index (Phi) is 5.83. The average molecular weight is 270 g/mol. The van der Waals surface area contributed by atoms with Gasteiger partial charge in [0.15, 0.2) is 0 Å². The summed E-state index contributed by atoms with van der Waals surface area (Å²) in [7, 11) is 0. The zero-order valence-electron chi connectivity index (χ0n) is 11.3. The number of halogens is 2. The quantitative estimate of drug-likeness (QED) is 0.619. The van der Waals surface area contributed by atoms with Crippen molar-refractivity contribution in [1.29, 1.82) is 0 Å². The highest BCUT2D eigenvalue weighted by Gasteiger charge is 2.06. The molecule has 0 aliphatic carbocycles. The number of hydrogen-bond donors (Lipinski definition) is 1. The molecule has 0 aliphatic heterocycles. The predicted octanol–water partition coefficient (Wildman–Crippen LogP) is 4.36. The van der Waals surface area contributed by atoms with E-state index in [4.69, 9.17) is 11.6 Å². The molecule has 100 valence electrons. The summed E-state index contributed by atoms with van der Waals surface area (Å²) in [6.45, 7) is 7.34. The zero-order valence-corrected chi connectivity index (χ0v) is 12.0. The molecule has 0 bridgehead atoms. The SMILES string of the molecule is CC(C)(C)NCC/C=C/Cc1cc(Cl)ccc1F. The molecule has 1 rings (SSSR count). The number of allylic oxidation sites excluding steroid dienone is 1. The fourth-order valence-electron chi connectivity index (χ4n) is 1.56. The predicted molar refractivity (Wildman–Crippen MR) is 76.6 cm³/mol. The third kappa shape index (κ3) is 6.18. The van der Waals surface area contributed by atoms with Crippen LogP contribution >= 0.6 is 11.6 Å². The molecule has 0 spiro atoms. The summed E-state index contributed by atoms with van der Waals surface area (Å²) < 4.78 is 13.4. The summed E-state index contributed by atoms with van der Waals surface area (Å²) in [4.78, 5) is 0. The lowest BCUT2D eigenvalue weighted by Gasteiger charge is -2.19. The molecule has 1 aromatic rings. The van der Waals surface area contributed by atoms with E-state index >= 15 is 0 Å². The van der Waals surface area contributed by atoms with E-state index in [1.54, 1.807) is 12.1 Å². The van der Waals surface area contributed by atoms with E-state index < -0.39 is 0 Å². The molecular weight excluding hydrogens is 249 g/mol. The molecule has 0 unspecified atom stereocenters. The lowest BCUT2D eigenvalue weighted by Crippen LogP contribution is -2.36. The minimum atomic E-state index is -0.197. The Hall–Kier alpha value is -0.860. The van der Waals surface area contributed by atoms with Crippen LogP contribution < -0.4 is 5.32 Å². The van der Waals surface area contributed by atoms with E-state index in [1.165, 1.54) is 6.07 Å². The van der Waals surface area contributed by atoms with Crippen molar-refractivity contribution >= 4 is 11.6 Å². The molecule has 0 saturated carbocycles. The Labute approximate surface area is 114 Å². The monoisotopic (exact) mass is 269 g/mol. The van der Waals surface area contributed by atoms with Crippen LogP contribution in [0.15, 0.2) is 30.4 Å². The van der Waals surface area contributed by atoms with Crippen LogP contribution in [0, 0.1) is 5.82 Å². The minimum Gasteiger partial charge on any atom is -0.312 e. The van der Waals surface area contributed by atoms with Crippen LogP contribution in [0.5, 0.6) is 0 Å². The standard InChI is InChI=1S/C15H21ClFN/c1-15(2,3)18-10-6-4-5-7-12-11-13(16)8-9-14(12)17/h4-5,8-9,11,18H,6-7,10H2,1-3H3/b5-4+. The molecule has 1 aromatic carbocycles. The van der Waals surface area contributed by atoms with E-state index in [2.05, 4.69) is 32.2 Å². The van der Waals surface area contributed by atoms with Crippen molar-refractivity contribution in [2.75, 3.05) is 6.54 Å². The molecule has 18 heavy (non-hydrogen) atoms. The molecule has 3 heteroatoms. The van der Waals surface area contributed by atoms with Crippen LogP contribution in [-0.4, -0.2) is 12.1 Å². The first-order valence-corrected chi connectivity index (χ1v) is 6.60. The first-order chi connectivity index (χ1) is 8.38. The van der Waals surface area contributed by atoms with Crippen molar-refractivity contribution < 1.29 is 4.39 Å². The minimum absolute atomic E-state index is 0.146. The van der Waals surface area contributed by atoms with Crippen LogP contribution in [0.3, 0.4) is 0 Å². The maximum absolute atomic E-state index is 13.4. The number of nitrogens with one attached hydrogen (secondary N) is 1. The largest absolute Gasteiger partial charge is 0.312 e. The number of benzene rings is 1. The van der Waals surface area contributed by atoms with Gasteiger partial charge < -0.3 is 5.32 Å². The van der Waals surface area contributed by atoms with Crippen LogP contribution in [0.2, 0.25) is 5.02 Å². The van der Waals surface area contributed by atoms with Crippen molar-refractivity contribution in [3.05, 3.63) is 46.8 Å². The van der Waals surface area contributed by atoms with Crippen molar-refractivity contribution in [1.82, 2.24) is 5.32 Å². The fourth-order valence-corrected chi connectivity index (χ4v) is 1.75. The third-order valence-corrected chi connectivity index (χ3v) is 2.71. The van der Waals surface area contributed by atoms with E-state index in [0.717, 1.165) is 13.0 Å². The lowest BCUT2D eigenvalue weighted by atomic mass is 10.1. The first kappa shape index (κ1) is 15.2. The molecule has 0 aliphatic rings. The summed E-state index contributed by atoms with van der Waals surface area (Å²) in [5.74, 6) is -0.197. The Balaban J connectivity index is 2.34. The summed E-state index contributed by atoms with van der Waals surface area (Å²) in [5.41, 5.74) is 0.787. The van der Waals surface area contributed by atoms with Gasteiger partial charge in [-0.1, -0.05) is 23.8 Å². The van der Waals surface area contributed by atoms with Crippen LogP contribution in [0.25, 0.3) is 0 Å². The molecule has 1 N–H and O–H groups in total. The summed E-state index contributed by atoms with van der Waals surface area (Å²) in [6, 6.07) is 4.65. The maximum atomic E-state index is 13.4. The molecule has 0 saturated heterocycles. The smallest absolute Gasteiger partial charge is 0.126 e. The van der Waals surface area contributed by atoms with Gasteiger partial charge in [0.05, 0.1) is 0 Å². The summed E-state index contributed by atoms with van der Waals surface area (Å²) in [5, 5.41) is 3.97. The number of rotatable bonds is 5. The molecule has 0 heterocycles. The van der Waals surface area contributed by atoms with Gasteiger partial charge in [-0.3, -0.25) is 0 Å². The van der Waals surface area contributed by atoms with Gasteiger partial charge in [-0.2, -0.15) is 0 Å². The highest BCUT2D eigenvalue weighted by atomic mass is 35.5. The zero-order chi connectivity index (χ0) is 13.6. The fraction of sp³-hybridized carbons (Fsp3) is 0.467. The molecule has 0 radical (unpaired) electrons. The van der Waals surface area contributed by atoms with Gasteiger partial charge in [0, 0.05) is 10.6 Å². The molecule has 0 aromatic heterocycles. The Bertz CT molecular complexity index is 407. The second kappa shape index (κ2) is 6.91. The summed E-state index contributed by atoms with van der Waals surface area (Å²) >= 11 is 5.83. The normalized spacial score (nSPS) is 12.3. The van der Waals surface area contributed by atoms with E-state index in [1.807, 2.05) is 6.08 Å². The molecule has 1 nitrogen and oxygen atoms in total. The third-order valence-electron chi connectivity index (χ3n) is 2.48.